The summed E-state index contributed by atoms with van der Waals surface area (Å²) >= 11 is 0. The average molecular weight is 401 g/mol. The molecule has 150 valence electrons. The Morgan fingerprint density at radius 3 is 1.48 bits per heavy atom. The number of aromatic nitrogens is 2. The summed E-state index contributed by atoms with van der Waals surface area (Å²) in [5.74, 6) is 0. The van der Waals surface area contributed by atoms with Crippen LogP contribution in [-0.4, -0.2) is 9.78 Å². The van der Waals surface area contributed by atoms with Gasteiger partial charge in [0.25, 0.3) is 0 Å². The minimum Gasteiger partial charge on any atom is -0.237 e. The van der Waals surface area contributed by atoms with E-state index >= 15 is 0 Å². The topological polar surface area (TPSA) is 17.8 Å². The molecule has 2 nitrogen and oxygen atoms in total. The zero-order valence-electron chi connectivity index (χ0n) is 17.8. The lowest BCUT2D eigenvalue weighted by Gasteiger charge is -2.12. The minimum absolute atomic E-state index is 1.03. The van der Waals surface area contributed by atoms with E-state index < -0.39 is 0 Å². The Hall–Kier alpha value is -3.91. The first-order valence-electron chi connectivity index (χ1n) is 10.6. The number of hydrogen-bond acceptors (Lipinski definition) is 1. The van der Waals surface area contributed by atoms with E-state index in [0.29, 0.717) is 0 Å². The van der Waals surface area contributed by atoms with Crippen LogP contribution in [0.5, 0.6) is 0 Å². The van der Waals surface area contributed by atoms with Gasteiger partial charge in [0.15, 0.2) is 0 Å². The lowest BCUT2D eigenvalue weighted by Crippen LogP contribution is -1.98. The van der Waals surface area contributed by atoms with Crippen molar-refractivity contribution in [2.75, 3.05) is 0 Å². The van der Waals surface area contributed by atoms with Gasteiger partial charge < -0.3 is 0 Å². The number of nitrogens with zero attached hydrogens (tertiary/aromatic N) is 2. The molecule has 5 rings (SSSR count). The largest absolute Gasteiger partial charge is 0.237 e. The highest BCUT2D eigenvalue weighted by atomic mass is 15.3. The number of benzene rings is 4. The number of para-hydroxylation sites is 1. The first-order valence-corrected chi connectivity index (χ1v) is 10.6. The van der Waals surface area contributed by atoms with Gasteiger partial charge in [-0.2, -0.15) is 5.10 Å². The molecule has 0 aliphatic heterocycles. The summed E-state index contributed by atoms with van der Waals surface area (Å²) in [7, 11) is 0. The van der Waals surface area contributed by atoms with Gasteiger partial charge in [-0.1, -0.05) is 78.9 Å². The maximum absolute atomic E-state index is 4.88. The van der Waals surface area contributed by atoms with Gasteiger partial charge in [0.1, 0.15) is 0 Å². The standard InChI is InChI=1S/C29H24N2/c1-21-29(22(2)31(30-21)28-16-10-5-11-17-28)27-19-25(23-12-6-3-7-13-23)18-26(20-27)24-14-8-4-9-15-24/h3-20H,1-2H3. The van der Waals surface area contributed by atoms with Crippen molar-refractivity contribution in [2.45, 2.75) is 13.8 Å². The van der Waals surface area contributed by atoms with Crippen LogP contribution in [0.25, 0.3) is 39.1 Å². The molecule has 0 unspecified atom stereocenters. The van der Waals surface area contributed by atoms with Crippen LogP contribution in [0, 0.1) is 13.8 Å². The number of aryl methyl sites for hydroxylation is 1. The van der Waals surface area contributed by atoms with Crippen LogP contribution < -0.4 is 0 Å². The molecule has 0 saturated heterocycles. The Bertz CT molecular complexity index is 1260. The van der Waals surface area contributed by atoms with Crippen molar-refractivity contribution in [2.24, 2.45) is 0 Å². The molecule has 0 fully saturated rings. The summed E-state index contributed by atoms with van der Waals surface area (Å²) in [5, 5.41) is 4.88. The first-order chi connectivity index (χ1) is 15.2. The quantitative estimate of drug-likeness (QED) is 0.305. The van der Waals surface area contributed by atoms with E-state index in [1.54, 1.807) is 0 Å². The lowest BCUT2D eigenvalue weighted by molar-refractivity contribution is 0.834. The molecule has 2 heteroatoms. The highest BCUT2D eigenvalue weighted by Gasteiger charge is 2.16. The summed E-state index contributed by atoms with van der Waals surface area (Å²) in [6.07, 6.45) is 0. The highest BCUT2D eigenvalue weighted by Crippen LogP contribution is 2.36. The van der Waals surface area contributed by atoms with Crippen molar-refractivity contribution in [1.29, 1.82) is 0 Å². The molecule has 1 aromatic heterocycles. The summed E-state index contributed by atoms with van der Waals surface area (Å²) in [6.45, 7) is 4.25. The Kier molecular flexibility index (Phi) is 4.97. The van der Waals surface area contributed by atoms with Gasteiger partial charge in [-0.05, 0) is 72.0 Å². The second-order valence-corrected chi connectivity index (χ2v) is 7.82. The fourth-order valence-corrected chi connectivity index (χ4v) is 4.25. The molecular formula is C29H24N2. The van der Waals surface area contributed by atoms with Crippen LogP contribution in [0.2, 0.25) is 0 Å². The van der Waals surface area contributed by atoms with Crippen LogP contribution in [0.1, 0.15) is 11.4 Å². The second-order valence-electron chi connectivity index (χ2n) is 7.82. The molecule has 0 N–H and O–H groups in total. The van der Waals surface area contributed by atoms with E-state index in [2.05, 4.69) is 117 Å². The van der Waals surface area contributed by atoms with Crippen LogP contribution >= 0.6 is 0 Å². The van der Waals surface area contributed by atoms with Crippen molar-refractivity contribution in [3.05, 3.63) is 121 Å². The Morgan fingerprint density at radius 2 is 0.968 bits per heavy atom. The molecule has 31 heavy (non-hydrogen) atoms. The van der Waals surface area contributed by atoms with Gasteiger partial charge >= 0.3 is 0 Å². The first kappa shape index (κ1) is 19.1. The van der Waals surface area contributed by atoms with Gasteiger partial charge in [0.2, 0.25) is 0 Å². The predicted octanol–water partition coefficient (Wildman–Crippen LogP) is 7.49. The molecule has 4 aromatic carbocycles. The predicted molar refractivity (Wildman–Crippen MR) is 129 cm³/mol. The van der Waals surface area contributed by atoms with Gasteiger partial charge in [0.05, 0.1) is 11.4 Å². The monoisotopic (exact) mass is 400 g/mol. The summed E-state index contributed by atoms with van der Waals surface area (Å²) in [4.78, 5) is 0. The molecule has 5 aromatic rings. The van der Waals surface area contributed by atoms with Crippen molar-refractivity contribution in [3.63, 3.8) is 0 Å². The molecule has 0 bridgehead atoms. The Morgan fingerprint density at radius 1 is 0.516 bits per heavy atom. The second kappa shape index (κ2) is 8.08. The minimum atomic E-state index is 1.03. The molecule has 0 aliphatic carbocycles. The SMILES string of the molecule is Cc1nn(-c2ccccc2)c(C)c1-c1cc(-c2ccccc2)cc(-c2ccccc2)c1. The third kappa shape index (κ3) is 3.69. The fourth-order valence-electron chi connectivity index (χ4n) is 4.25. The third-order valence-electron chi connectivity index (χ3n) is 5.73. The summed E-state index contributed by atoms with van der Waals surface area (Å²) < 4.78 is 2.04. The zero-order chi connectivity index (χ0) is 21.2. The summed E-state index contributed by atoms with van der Waals surface area (Å²) in [5.41, 5.74) is 10.5. The summed E-state index contributed by atoms with van der Waals surface area (Å²) in [6, 6.07) is 38.3. The molecule has 0 radical (unpaired) electrons. The van der Waals surface area contributed by atoms with Crippen LogP contribution in [0.3, 0.4) is 0 Å². The maximum atomic E-state index is 4.88. The zero-order valence-corrected chi connectivity index (χ0v) is 17.8. The van der Waals surface area contributed by atoms with E-state index in [1.165, 1.54) is 33.4 Å². The Balaban J connectivity index is 1.72. The smallest absolute Gasteiger partial charge is 0.0679 e. The van der Waals surface area contributed by atoms with Gasteiger partial charge in [-0.15, -0.1) is 0 Å². The van der Waals surface area contributed by atoms with E-state index in [-0.39, 0.29) is 0 Å². The number of rotatable bonds is 4. The molecular weight excluding hydrogens is 376 g/mol. The maximum Gasteiger partial charge on any atom is 0.0679 e. The Labute approximate surface area is 183 Å². The average Bonchev–Trinajstić information content (AvgIpc) is 3.14. The highest BCUT2D eigenvalue weighted by molar-refractivity contribution is 5.82. The van der Waals surface area contributed by atoms with Crippen molar-refractivity contribution >= 4 is 0 Å². The van der Waals surface area contributed by atoms with E-state index in [0.717, 1.165) is 17.1 Å². The van der Waals surface area contributed by atoms with Crippen LogP contribution in [-0.2, 0) is 0 Å². The van der Waals surface area contributed by atoms with Crippen molar-refractivity contribution in [3.8, 4) is 39.1 Å². The van der Waals surface area contributed by atoms with Gasteiger partial charge in [0, 0.05) is 11.3 Å². The molecule has 0 saturated carbocycles. The molecule has 1 heterocycles. The lowest BCUT2D eigenvalue weighted by atomic mass is 9.92. The molecule has 0 spiro atoms. The normalized spacial score (nSPS) is 10.9. The van der Waals surface area contributed by atoms with Gasteiger partial charge in [-0.3, -0.25) is 0 Å². The molecule has 0 amide bonds. The fraction of sp³-hybridized carbons (Fsp3) is 0.0690. The molecule has 0 atom stereocenters. The van der Waals surface area contributed by atoms with Crippen molar-refractivity contribution < 1.29 is 0 Å². The number of hydrogen-bond donors (Lipinski definition) is 0. The van der Waals surface area contributed by atoms with Gasteiger partial charge in [-0.25, -0.2) is 4.68 Å². The van der Waals surface area contributed by atoms with Crippen LogP contribution in [0.15, 0.2) is 109 Å². The molecule has 0 aliphatic rings. The van der Waals surface area contributed by atoms with Crippen LogP contribution in [0.4, 0.5) is 0 Å². The van der Waals surface area contributed by atoms with E-state index in [9.17, 15) is 0 Å². The van der Waals surface area contributed by atoms with E-state index in [1.807, 2.05) is 10.7 Å². The van der Waals surface area contributed by atoms with Crippen molar-refractivity contribution in [1.82, 2.24) is 9.78 Å². The van der Waals surface area contributed by atoms with E-state index in [4.69, 9.17) is 5.10 Å². The third-order valence-corrected chi connectivity index (χ3v) is 5.73.